The van der Waals surface area contributed by atoms with E-state index in [0.717, 1.165) is 65.1 Å². The third-order valence-electron chi connectivity index (χ3n) is 11.3. The number of nitrogens with one attached hydrogen (secondary N) is 2. The molecular weight excluding hydrogens is 853 g/mol. The van der Waals surface area contributed by atoms with Crippen LogP contribution in [-0.4, -0.2) is 68.2 Å². The number of rotatable bonds is 6. The predicted octanol–water partition coefficient (Wildman–Crippen LogP) is 19.2. The molecule has 1 unspecified atom stereocenters. The summed E-state index contributed by atoms with van der Waals surface area (Å²) in [7, 11) is 0. The van der Waals surface area contributed by atoms with Crippen molar-refractivity contribution in [3.05, 3.63) is 96.7 Å². The Labute approximate surface area is 435 Å². The molecule has 7 rings (SSSR count). The molecule has 1 atom stereocenters. The molecule has 402 valence electrons. The summed E-state index contributed by atoms with van der Waals surface area (Å²) >= 11 is 0. The molecule has 2 N–H and O–H groups in total. The Hall–Kier alpha value is -3.48. The SMILES string of the molecule is CC(C)C.CC(C)C.CC(C)C.CC(C)C.CC(C)C1CCCN(C(C)C)C1.CC(C)C1CCN(C(C)C)CC1.CC(C)c1cc(C(C)C)[nH]n1.c1ccc2[nH]ccc2c1.c1ccc2cnccc2c1. The number of aromatic nitrogens is 4. The van der Waals surface area contributed by atoms with Crippen molar-refractivity contribution in [2.45, 2.75) is 216 Å². The van der Waals surface area contributed by atoms with E-state index in [4.69, 9.17) is 0 Å². The molecule has 70 heavy (non-hydrogen) atoms. The molecule has 0 aliphatic carbocycles. The van der Waals surface area contributed by atoms with Gasteiger partial charge in [0.1, 0.15) is 0 Å². The molecular formula is C64H116N6. The molecule has 2 saturated heterocycles. The molecule has 0 spiro atoms. The highest BCUT2D eigenvalue weighted by Crippen LogP contribution is 2.26. The van der Waals surface area contributed by atoms with Gasteiger partial charge in [0.05, 0.1) is 5.69 Å². The van der Waals surface area contributed by atoms with Gasteiger partial charge >= 0.3 is 0 Å². The highest BCUT2D eigenvalue weighted by atomic mass is 15.2. The van der Waals surface area contributed by atoms with Crippen LogP contribution >= 0.6 is 0 Å². The fourth-order valence-electron chi connectivity index (χ4n) is 7.12. The minimum Gasteiger partial charge on any atom is -0.361 e. The first-order chi connectivity index (χ1) is 32.7. The topological polar surface area (TPSA) is 63.8 Å². The first-order valence-corrected chi connectivity index (χ1v) is 28.0. The summed E-state index contributed by atoms with van der Waals surface area (Å²) in [6.45, 7) is 58.6. The van der Waals surface area contributed by atoms with Crippen LogP contribution in [0, 0.1) is 47.3 Å². The third-order valence-corrected chi connectivity index (χ3v) is 11.3. The summed E-state index contributed by atoms with van der Waals surface area (Å²) in [5.41, 5.74) is 3.60. The van der Waals surface area contributed by atoms with Gasteiger partial charge in [0.25, 0.3) is 0 Å². The van der Waals surface area contributed by atoms with Crippen molar-refractivity contribution >= 4 is 21.7 Å². The van der Waals surface area contributed by atoms with Crippen molar-refractivity contribution in [1.29, 1.82) is 0 Å². The molecule has 2 aliphatic rings. The highest BCUT2D eigenvalue weighted by Gasteiger charge is 2.24. The molecule has 0 amide bonds. The third kappa shape index (κ3) is 36.4. The normalized spacial score (nSPS) is 15.1. The Morgan fingerprint density at radius 2 is 0.957 bits per heavy atom. The number of pyridine rings is 1. The van der Waals surface area contributed by atoms with Crippen LogP contribution in [0.15, 0.2) is 85.3 Å². The van der Waals surface area contributed by atoms with Gasteiger partial charge in [-0.2, -0.15) is 5.10 Å². The maximum atomic E-state index is 4.21. The Morgan fingerprint density at radius 3 is 1.36 bits per heavy atom. The van der Waals surface area contributed by atoms with Gasteiger partial charge in [-0.05, 0) is 173 Å². The minimum atomic E-state index is 0.527. The van der Waals surface area contributed by atoms with E-state index in [1.165, 1.54) is 79.2 Å². The number of benzene rings is 2. The molecule has 0 saturated carbocycles. The zero-order valence-corrected chi connectivity index (χ0v) is 50.5. The summed E-state index contributed by atoms with van der Waals surface area (Å²) in [5.74, 6) is 8.10. The van der Waals surface area contributed by atoms with E-state index in [9.17, 15) is 0 Å². The molecule has 5 heterocycles. The summed E-state index contributed by atoms with van der Waals surface area (Å²) < 4.78 is 0. The van der Waals surface area contributed by atoms with Gasteiger partial charge < -0.3 is 14.8 Å². The van der Waals surface area contributed by atoms with Crippen LogP contribution in [-0.2, 0) is 0 Å². The van der Waals surface area contributed by atoms with E-state index in [-0.39, 0.29) is 0 Å². The molecule has 2 aliphatic heterocycles. The lowest BCUT2D eigenvalue weighted by Gasteiger charge is -2.37. The van der Waals surface area contributed by atoms with Crippen molar-refractivity contribution in [3.63, 3.8) is 0 Å². The van der Waals surface area contributed by atoms with E-state index in [2.05, 4.69) is 233 Å². The second kappa shape index (κ2) is 40.1. The predicted molar refractivity (Wildman–Crippen MR) is 317 cm³/mol. The Bertz CT molecular complexity index is 1700. The number of hydrogen-bond acceptors (Lipinski definition) is 4. The number of likely N-dealkylation sites (tertiary alicyclic amines) is 2. The van der Waals surface area contributed by atoms with Crippen molar-refractivity contribution in [2.24, 2.45) is 47.3 Å². The van der Waals surface area contributed by atoms with Crippen LogP contribution in [0.5, 0.6) is 0 Å². The van der Waals surface area contributed by atoms with E-state index < -0.39 is 0 Å². The van der Waals surface area contributed by atoms with Crippen molar-refractivity contribution < 1.29 is 0 Å². The van der Waals surface area contributed by atoms with Gasteiger partial charge in [-0.25, -0.2) is 0 Å². The number of nitrogens with zero attached hydrogens (tertiary/aromatic N) is 4. The first kappa shape index (κ1) is 68.6. The Balaban J connectivity index is 0. The minimum absolute atomic E-state index is 0.527. The Kier molecular flexibility index (Phi) is 39.3. The fourth-order valence-corrected chi connectivity index (χ4v) is 7.12. The lowest BCUT2D eigenvalue weighted by molar-refractivity contribution is 0.117. The van der Waals surface area contributed by atoms with E-state index >= 15 is 0 Å². The molecule has 5 aromatic rings. The van der Waals surface area contributed by atoms with Gasteiger partial charge in [0, 0.05) is 48.4 Å². The molecule has 6 nitrogen and oxygen atoms in total. The van der Waals surface area contributed by atoms with E-state index in [0.29, 0.717) is 11.8 Å². The second-order valence-electron chi connectivity index (χ2n) is 24.2. The molecule has 3 aromatic heterocycles. The molecule has 2 fully saturated rings. The van der Waals surface area contributed by atoms with E-state index in [1.54, 1.807) is 0 Å². The van der Waals surface area contributed by atoms with Gasteiger partial charge in [-0.15, -0.1) is 0 Å². The smallest absolute Gasteiger partial charge is 0.0650 e. The fraction of sp³-hybridized carbons (Fsp3) is 0.688. The quantitative estimate of drug-likeness (QED) is 0.178. The van der Waals surface area contributed by atoms with Gasteiger partial charge in [-0.3, -0.25) is 10.1 Å². The Morgan fingerprint density at radius 1 is 0.486 bits per heavy atom. The standard InChI is InChI=1S/2C11H23N.C9H16N2.C9H7N.C8H7N.4C4H10/c1-9(2)11-5-7-12(8-6-11)10(3)4;1-9(2)11-6-5-7-12(8-11)10(3)4;1-6(2)8-5-9(7(3)4)11-10-8;1-2-4-9-7-10-6-5-8(9)3-1;1-2-4-8-7(3-1)5-6-9-8;4*1-4(2)3/h2*9-11H,5-8H2,1-4H3;5-7H,1-4H3,(H,10,11);1-7H;1-6,9H;4*4H,1-3H3. The lowest BCUT2D eigenvalue weighted by atomic mass is 9.86. The zero-order valence-electron chi connectivity index (χ0n) is 50.5. The van der Waals surface area contributed by atoms with Crippen molar-refractivity contribution in [2.75, 3.05) is 26.2 Å². The maximum Gasteiger partial charge on any atom is 0.0650 e. The summed E-state index contributed by atoms with van der Waals surface area (Å²) in [6, 6.07) is 24.1. The molecule has 0 bridgehead atoms. The average molecular weight is 970 g/mol. The van der Waals surface area contributed by atoms with Crippen LogP contribution < -0.4 is 0 Å². The number of para-hydroxylation sites is 1. The van der Waals surface area contributed by atoms with Crippen molar-refractivity contribution in [1.82, 2.24) is 30.0 Å². The summed E-state index contributed by atoms with van der Waals surface area (Å²) in [6.07, 6.45) is 11.3. The number of piperidine rings is 2. The lowest BCUT2D eigenvalue weighted by Crippen LogP contribution is -2.41. The number of fused-ring (bicyclic) bond motifs is 2. The molecule has 2 aromatic carbocycles. The maximum absolute atomic E-state index is 4.21. The van der Waals surface area contributed by atoms with Crippen molar-refractivity contribution in [3.8, 4) is 0 Å². The van der Waals surface area contributed by atoms with Gasteiger partial charge in [0.15, 0.2) is 0 Å². The van der Waals surface area contributed by atoms with Gasteiger partial charge in [0.2, 0.25) is 0 Å². The van der Waals surface area contributed by atoms with Gasteiger partial charge in [-0.1, -0.05) is 181 Å². The number of H-pyrrole nitrogens is 2. The molecule has 0 radical (unpaired) electrons. The average Bonchev–Trinajstić information content (AvgIpc) is 3.99. The second-order valence-corrected chi connectivity index (χ2v) is 24.2. The summed E-state index contributed by atoms with van der Waals surface area (Å²) in [5, 5.41) is 11.0. The van der Waals surface area contributed by atoms with Crippen LogP contribution in [0.4, 0.5) is 0 Å². The van der Waals surface area contributed by atoms with Crippen LogP contribution in [0.2, 0.25) is 0 Å². The van der Waals surface area contributed by atoms with Crippen LogP contribution in [0.25, 0.3) is 21.7 Å². The van der Waals surface area contributed by atoms with Crippen LogP contribution in [0.3, 0.4) is 0 Å². The van der Waals surface area contributed by atoms with E-state index in [1.807, 2.05) is 48.9 Å². The first-order valence-electron chi connectivity index (χ1n) is 28.0. The monoisotopic (exact) mass is 969 g/mol. The number of hydrogen-bond donors (Lipinski definition) is 2. The highest BCUT2D eigenvalue weighted by molar-refractivity contribution is 5.81. The van der Waals surface area contributed by atoms with Crippen LogP contribution in [0.1, 0.15) is 215 Å². The largest absolute Gasteiger partial charge is 0.361 e. The molecule has 6 heteroatoms. The zero-order chi connectivity index (χ0) is 53.9. The number of aromatic amines is 2. The summed E-state index contributed by atoms with van der Waals surface area (Å²) in [4.78, 5) is 12.3.